The van der Waals surface area contributed by atoms with E-state index in [-0.39, 0.29) is 12.2 Å². The van der Waals surface area contributed by atoms with Crippen LogP contribution in [0, 0.1) is 11.3 Å². The number of hydrogen-bond donors (Lipinski definition) is 0. The Labute approximate surface area is 95.4 Å². The first-order valence-corrected chi connectivity index (χ1v) is 4.69. The summed E-state index contributed by atoms with van der Waals surface area (Å²) in [5.41, 5.74) is -2.24. The summed E-state index contributed by atoms with van der Waals surface area (Å²) in [6, 6.07) is 4.50. The number of carbonyl (C=O) groups is 1. The van der Waals surface area contributed by atoms with Gasteiger partial charge in [-0.1, -0.05) is 6.07 Å². The van der Waals surface area contributed by atoms with Gasteiger partial charge in [-0.15, -0.1) is 0 Å². The average molecular weight is 243 g/mol. The van der Waals surface area contributed by atoms with Gasteiger partial charge in [-0.25, -0.2) is 4.79 Å². The molecule has 0 aromatic heterocycles. The van der Waals surface area contributed by atoms with Gasteiger partial charge < -0.3 is 4.74 Å². The molecule has 1 aromatic carbocycles. The van der Waals surface area contributed by atoms with E-state index in [1.807, 2.05) is 0 Å². The van der Waals surface area contributed by atoms with Crippen LogP contribution in [-0.4, -0.2) is 12.6 Å². The summed E-state index contributed by atoms with van der Waals surface area (Å²) in [6.45, 7) is 1.41. The van der Waals surface area contributed by atoms with E-state index in [2.05, 4.69) is 4.74 Å². The molecule has 0 atom stereocenters. The van der Waals surface area contributed by atoms with E-state index in [0.717, 1.165) is 18.2 Å². The van der Waals surface area contributed by atoms with Crippen molar-refractivity contribution >= 4 is 5.97 Å². The minimum atomic E-state index is -4.70. The highest BCUT2D eigenvalue weighted by atomic mass is 19.4. The number of ether oxygens (including phenoxy) is 1. The van der Waals surface area contributed by atoms with Gasteiger partial charge in [-0.3, -0.25) is 0 Å². The molecule has 0 unspecified atom stereocenters. The highest BCUT2D eigenvalue weighted by Gasteiger charge is 2.37. The number of carbonyl (C=O) groups excluding carboxylic acids is 1. The van der Waals surface area contributed by atoms with Crippen molar-refractivity contribution < 1.29 is 22.7 Å². The first-order chi connectivity index (χ1) is 7.91. The van der Waals surface area contributed by atoms with E-state index in [4.69, 9.17) is 5.26 Å². The molecule has 3 nitrogen and oxygen atoms in total. The molecule has 1 aromatic rings. The highest BCUT2D eigenvalue weighted by Crippen LogP contribution is 2.33. The maximum atomic E-state index is 12.6. The van der Waals surface area contributed by atoms with E-state index in [1.54, 1.807) is 6.07 Å². The van der Waals surface area contributed by atoms with Crippen LogP contribution in [0.25, 0.3) is 0 Å². The lowest BCUT2D eigenvalue weighted by Crippen LogP contribution is -2.16. The molecular weight excluding hydrogens is 235 g/mol. The molecule has 0 N–H and O–H groups in total. The highest BCUT2D eigenvalue weighted by molar-refractivity contribution is 5.94. The summed E-state index contributed by atoms with van der Waals surface area (Å²) in [5.74, 6) is -1.14. The Morgan fingerprint density at radius 3 is 2.59 bits per heavy atom. The number of halogens is 3. The molecule has 1 rings (SSSR count). The molecule has 0 saturated heterocycles. The maximum Gasteiger partial charge on any atom is 0.417 e. The van der Waals surface area contributed by atoms with Gasteiger partial charge in [0, 0.05) is 0 Å². The molecule has 0 spiro atoms. The molecule has 0 aliphatic carbocycles. The summed E-state index contributed by atoms with van der Waals surface area (Å²) in [5, 5.41) is 8.70. The summed E-state index contributed by atoms with van der Waals surface area (Å²) in [4.78, 5) is 11.4. The Bertz CT molecular complexity index is 475. The van der Waals surface area contributed by atoms with Crippen molar-refractivity contribution in [3.8, 4) is 6.07 Å². The number of nitriles is 1. The van der Waals surface area contributed by atoms with Crippen molar-refractivity contribution in [2.45, 2.75) is 13.1 Å². The fourth-order valence-corrected chi connectivity index (χ4v) is 1.30. The molecule has 0 bridgehead atoms. The predicted molar refractivity (Wildman–Crippen MR) is 52.1 cm³/mol. The quantitative estimate of drug-likeness (QED) is 0.750. The van der Waals surface area contributed by atoms with E-state index in [9.17, 15) is 18.0 Å². The lowest BCUT2D eigenvalue weighted by Gasteiger charge is -2.12. The first-order valence-electron chi connectivity index (χ1n) is 4.69. The molecule has 0 aliphatic rings. The Morgan fingerprint density at radius 2 is 2.12 bits per heavy atom. The summed E-state index contributed by atoms with van der Waals surface area (Å²) >= 11 is 0. The van der Waals surface area contributed by atoms with Crippen LogP contribution < -0.4 is 0 Å². The molecule has 90 valence electrons. The molecule has 0 amide bonds. The van der Waals surface area contributed by atoms with Gasteiger partial charge in [0.05, 0.1) is 23.3 Å². The SMILES string of the molecule is CCOC(=O)c1c(C#N)cccc1C(F)(F)F. The second kappa shape index (κ2) is 4.87. The summed E-state index contributed by atoms with van der Waals surface area (Å²) in [7, 11) is 0. The van der Waals surface area contributed by atoms with Gasteiger partial charge in [0.25, 0.3) is 0 Å². The van der Waals surface area contributed by atoms with Crippen LogP contribution in [0.5, 0.6) is 0 Å². The molecule has 0 saturated carbocycles. The lowest BCUT2D eigenvalue weighted by atomic mass is 10.0. The van der Waals surface area contributed by atoms with Crippen LogP contribution in [0.1, 0.15) is 28.4 Å². The standard InChI is InChI=1S/C11H8F3NO2/c1-2-17-10(16)9-7(6-15)4-3-5-8(9)11(12,13)14/h3-5H,2H2,1H3. The molecule has 0 heterocycles. The van der Waals surface area contributed by atoms with Crippen molar-refractivity contribution in [1.82, 2.24) is 0 Å². The number of hydrogen-bond acceptors (Lipinski definition) is 3. The average Bonchev–Trinajstić information content (AvgIpc) is 2.27. The summed E-state index contributed by atoms with van der Waals surface area (Å²) < 4.78 is 42.5. The maximum absolute atomic E-state index is 12.6. The molecular formula is C11H8F3NO2. The topological polar surface area (TPSA) is 50.1 Å². The van der Waals surface area contributed by atoms with Gasteiger partial charge in [-0.2, -0.15) is 18.4 Å². The number of esters is 1. The van der Waals surface area contributed by atoms with Crippen LogP contribution in [0.4, 0.5) is 13.2 Å². The zero-order valence-electron chi connectivity index (χ0n) is 8.84. The zero-order chi connectivity index (χ0) is 13.1. The third kappa shape index (κ3) is 2.75. The molecule has 0 aliphatic heterocycles. The van der Waals surface area contributed by atoms with Crippen LogP contribution >= 0.6 is 0 Å². The van der Waals surface area contributed by atoms with Crippen molar-refractivity contribution in [2.24, 2.45) is 0 Å². The van der Waals surface area contributed by atoms with Crippen molar-refractivity contribution in [1.29, 1.82) is 5.26 Å². The minimum Gasteiger partial charge on any atom is -0.462 e. The van der Waals surface area contributed by atoms with Gasteiger partial charge in [0.1, 0.15) is 6.07 Å². The first kappa shape index (κ1) is 13.0. The van der Waals surface area contributed by atoms with Crippen molar-refractivity contribution in [3.63, 3.8) is 0 Å². The van der Waals surface area contributed by atoms with E-state index < -0.39 is 23.3 Å². The monoisotopic (exact) mass is 243 g/mol. The number of nitrogens with zero attached hydrogens (tertiary/aromatic N) is 1. The van der Waals surface area contributed by atoms with Gasteiger partial charge in [0.15, 0.2) is 0 Å². The van der Waals surface area contributed by atoms with Crippen LogP contribution in [0.3, 0.4) is 0 Å². The van der Waals surface area contributed by atoms with Gasteiger partial charge in [-0.05, 0) is 19.1 Å². The Hall–Kier alpha value is -2.03. The smallest absolute Gasteiger partial charge is 0.417 e. The van der Waals surface area contributed by atoms with Gasteiger partial charge >= 0.3 is 12.1 Å². The number of rotatable bonds is 2. The third-order valence-corrected chi connectivity index (χ3v) is 1.97. The van der Waals surface area contributed by atoms with Crippen LogP contribution in [-0.2, 0) is 10.9 Å². The molecule has 17 heavy (non-hydrogen) atoms. The second-order valence-corrected chi connectivity index (χ2v) is 3.06. The third-order valence-electron chi connectivity index (χ3n) is 1.97. The largest absolute Gasteiger partial charge is 0.462 e. The van der Waals surface area contributed by atoms with Gasteiger partial charge in [0.2, 0.25) is 0 Å². The Morgan fingerprint density at radius 1 is 1.47 bits per heavy atom. The molecule has 6 heteroatoms. The Kier molecular flexibility index (Phi) is 3.73. The van der Waals surface area contributed by atoms with E-state index in [0.29, 0.717) is 0 Å². The molecule has 0 fully saturated rings. The second-order valence-electron chi connectivity index (χ2n) is 3.06. The number of alkyl halides is 3. The number of benzene rings is 1. The van der Waals surface area contributed by atoms with Crippen molar-refractivity contribution in [2.75, 3.05) is 6.61 Å². The van der Waals surface area contributed by atoms with Crippen LogP contribution in [0.15, 0.2) is 18.2 Å². The summed E-state index contributed by atoms with van der Waals surface area (Å²) in [6.07, 6.45) is -4.70. The minimum absolute atomic E-state index is 0.0596. The normalized spacial score (nSPS) is 10.8. The Balaban J connectivity index is 3.42. The fourth-order valence-electron chi connectivity index (χ4n) is 1.30. The fraction of sp³-hybridized carbons (Fsp3) is 0.273. The van der Waals surface area contributed by atoms with E-state index in [1.165, 1.54) is 6.92 Å². The van der Waals surface area contributed by atoms with E-state index >= 15 is 0 Å². The lowest BCUT2D eigenvalue weighted by molar-refractivity contribution is -0.138. The van der Waals surface area contributed by atoms with Crippen molar-refractivity contribution in [3.05, 3.63) is 34.9 Å². The molecule has 0 radical (unpaired) electrons. The van der Waals surface area contributed by atoms with Crippen LogP contribution in [0.2, 0.25) is 0 Å². The predicted octanol–water partition coefficient (Wildman–Crippen LogP) is 2.75. The zero-order valence-corrected chi connectivity index (χ0v) is 8.84.